The van der Waals surface area contributed by atoms with Gasteiger partial charge in [0.2, 0.25) is 0 Å². The minimum atomic E-state index is -1.97. The molecule has 0 spiro atoms. The molecule has 0 aromatic rings. The first kappa shape index (κ1) is 30.0. The molecule has 0 unspecified atom stereocenters. The molecule has 0 saturated carbocycles. The summed E-state index contributed by atoms with van der Waals surface area (Å²) in [7, 11) is -2.13. The highest BCUT2D eigenvalue weighted by molar-refractivity contribution is 7.04. The molecule has 0 rings (SSSR count). The minimum Gasteiger partial charge on any atom is -0.411 e. The van der Waals surface area contributed by atoms with Crippen molar-refractivity contribution in [3.63, 3.8) is 0 Å². The SMILES string of the molecule is CCCC[Si](CCCC)(CCCC)O[C@H](C)[C@H](OCCCCOC)C(=O)[Si](C)(C)C. The van der Waals surface area contributed by atoms with Gasteiger partial charge in [0, 0.05) is 20.3 Å². The quantitative estimate of drug-likeness (QED) is 0.145. The molecule has 0 aliphatic carbocycles. The van der Waals surface area contributed by atoms with Crippen molar-refractivity contribution >= 4 is 21.8 Å². The van der Waals surface area contributed by atoms with Crippen molar-refractivity contribution in [2.75, 3.05) is 20.3 Å². The van der Waals surface area contributed by atoms with Crippen LogP contribution in [0.5, 0.6) is 0 Å². The lowest BCUT2D eigenvalue weighted by atomic mass is 10.2. The van der Waals surface area contributed by atoms with E-state index in [1.54, 1.807) is 7.11 Å². The van der Waals surface area contributed by atoms with Gasteiger partial charge in [0.25, 0.3) is 0 Å². The van der Waals surface area contributed by atoms with E-state index in [2.05, 4.69) is 47.3 Å². The molecular weight excluding hydrogens is 408 g/mol. The fraction of sp³-hybridized carbons (Fsp3) is 0.958. The van der Waals surface area contributed by atoms with E-state index in [1.807, 2.05) is 0 Å². The van der Waals surface area contributed by atoms with Crippen LogP contribution in [-0.2, 0) is 18.7 Å². The molecule has 0 heterocycles. The van der Waals surface area contributed by atoms with E-state index < -0.39 is 22.5 Å². The second kappa shape index (κ2) is 16.6. The third-order valence-corrected chi connectivity index (χ3v) is 12.3. The first-order valence-electron chi connectivity index (χ1n) is 12.5. The van der Waals surface area contributed by atoms with Crippen LogP contribution in [0.25, 0.3) is 0 Å². The van der Waals surface area contributed by atoms with Crippen molar-refractivity contribution in [1.82, 2.24) is 0 Å². The minimum absolute atomic E-state index is 0.149. The van der Waals surface area contributed by atoms with Gasteiger partial charge in [0.05, 0.1) is 6.10 Å². The number of rotatable bonds is 20. The Morgan fingerprint density at radius 3 is 1.67 bits per heavy atom. The summed E-state index contributed by atoms with van der Waals surface area (Å²) in [5.41, 5.74) is 0. The molecule has 2 atom stereocenters. The Bertz CT molecular complexity index is 416. The Morgan fingerprint density at radius 1 is 0.800 bits per heavy atom. The Hall–Kier alpha value is -0.0162. The monoisotopic (exact) mass is 460 g/mol. The summed E-state index contributed by atoms with van der Waals surface area (Å²) >= 11 is 0. The van der Waals surface area contributed by atoms with Crippen molar-refractivity contribution in [1.29, 1.82) is 0 Å². The summed E-state index contributed by atoms with van der Waals surface area (Å²) < 4.78 is 18.4. The summed E-state index contributed by atoms with van der Waals surface area (Å²) in [6.45, 7) is 16.6. The molecule has 4 nitrogen and oxygen atoms in total. The number of carbonyl (C=O) groups is 1. The summed E-state index contributed by atoms with van der Waals surface area (Å²) in [5.74, 6) is 0. The number of ether oxygens (including phenoxy) is 2. The lowest BCUT2D eigenvalue weighted by molar-refractivity contribution is -0.129. The van der Waals surface area contributed by atoms with Gasteiger partial charge >= 0.3 is 0 Å². The number of hydrogen-bond donors (Lipinski definition) is 0. The zero-order valence-electron chi connectivity index (χ0n) is 21.5. The molecule has 30 heavy (non-hydrogen) atoms. The normalized spacial score (nSPS) is 14.7. The smallest absolute Gasteiger partial charge is 0.193 e. The van der Waals surface area contributed by atoms with Gasteiger partial charge in [-0.05, 0) is 37.9 Å². The van der Waals surface area contributed by atoms with Gasteiger partial charge in [0.15, 0.2) is 8.32 Å². The molecule has 0 aromatic carbocycles. The van der Waals surface area contributed by atoms with Crippen LogP contribution in [0, 0.1) is 0 Å². The first-order chi connectivity index (χ1) is 14.2. The Morgan fingerprint density at radius 2 is 1.27 bits per heavy atom. The van der Waals surface area contributed by atoms with Gasteiger partial charge in [-0.2, -0.15) is 0 Å². The van der Waals surface area contributed by atoms with Crippen LogP contribution in [0.2, 0.25) is 37.8 Å². The maximum Gasteiger partial charge on any atom is 0.193 e. The largest absolute Gasteiger partial charge is 0.411 e. The maximum absolute atomic E-state index is 13.3. The molecule has 0 aliphatic rings. The molecule has 6 heteroatoms. The average molecular weight is 461 g/mol. The zero-order valence-corrected chi connectivity index (χ0v) is 23.5. The molecule has 0 fully saturated rings. The van der Waals surface area contributed by atoms with Crippen molar-refractivity contribution in [3.05, 3.63) is 0 Å². The molecule has 0 radical (unpaired) electrons. The van der Waals surface area contributed by atoms with Crippen molar-refractivity contribution in [2.24, 2.45) is 0 Å². The van der Waals surface area contributed by atoms with Gasteiger partial charge in [0.1, 0.15) is 19.6 Å². The van der Waals surface area contributed by atoms with Gasteiger partial charge in [-0.3, -0.25) is 0 Å². The molecular formula is C24H52O4Si2. The summed E-state index contributed by atoms with van der Waals surface area (Å²) in [6.07, 6.45) is 8.63. The maximum atomic E-state index is 13.3. The molecule has 0 aromatic heterocycles. The number of hydrogen-bond acceptors (Lipinski definition) is 4. The van der Waals surface area contributed by atoms with E-state index in [1.165, 1.54) is 56.7 Å². The van der Waals surface area contributed by atoms with Gasteiger partial charge in [-0.1, -0.05) is 78.9 Å². The number of carbonyl (C=O) groups excluding carboxylic acids is 1. The lowest BCUT2D eigenvalue weighted by Crippen LogP contribution is -2.52. The topological polar surface area (TPSA) is 44.8 Å². The van der Waals surface area contributed by atoms with Gasteiger partial charge in [-0.15, -0.1) is 0 Å². The average Bonchev–Trinajstić information content (AvgIpc) is 2.70. The Labute approximate surface area is 190 Å². The van der Waals surface area contributed by atoms with Crippen LogP contribution in [0.1, 0.15) is 79.1 Å². The third-order valence-electron chi connectivity index (χ3n) is 5.86. The summed E-state index contributed by atoms with van der Waals surface area (Å²) in [6, 6.07) is 3.65. The van der Waals surface area contributed by atoms with E-state index in [4.69, 9.17) is 13.9 Å². The van der Waals surface area contributed by atoms with Crippen LogP contribution in [0.4, 0.5) is 0 Å². The second-order valence-electron chi connectivity index (χ2n) is 9.92. The second-order valence-corrected chi connectivity index (χ2v) is 19.0. The fourth-order valence-electron chi connectivity index (χ4n) is 3.91. The highest BCUT2D eigenvalue weighted by Gasteiger charge is 2.41. The van der Waals surface area contributed by atoms with Crippen LogP contribution >= 0.6 is 0 Å². The van der Waals surface area contributed by atoms with Crippen molar-refractivity contribution in [2.45, 2.75) is 129 Å². The van der Waals surface area contributed by atoms with Gasteiger partial charge in [-0.25, -0.2) is 0 Å². The van der Waals surface area contributed by atoms with Crippen LogP contribution in [0.3, 0.4) is 0 Å². The van der Waals surface area contributed by atoms with Crippen molar-refractivity contribution in [3.8, 4) is 0 Å². The predicted molar refractivity (Wildman–Crippen MR) is 135 cm³/mol. The zero-order chi connectivity index (χ0) is 23.0. The van der Waals surface area contributed by atoms with E-state index >= 15 is 0 Å². The summed E-state index contributed by atoms with van der Waals surface area (Å²) in [5, 5.41) is 0.297. The van der Waals surface area contributed by atoms with E-state index in [9.17, 15) is 4.79 Å². The molecule has 0 bridgehead atoms. The Kier molecular flexibility index (Phi) is 16.6. The third kappa shape index (κ3) is 12.1. The molecule has 0 N–H and O–H groups in total. The highest BCUT2D eigenvalue weighted by Crippen LogP contribution is 2.32. The lowest BCUT2D eigenvalue weighted by Gasteiger charge is -2.38. The number of methoxy groups -OCH3 is 1. The van der Waals surface area contributed by atoms with Gasteiger partial charge < -0.3 is 18.7 Å². The van der Waals surface area contributed by atoms with Crippen molar-refractivity contribution < 1.29 is 18.7 Å². The van der Waals surface area contributed by atoms with Crippen LogP contribution in [0.15, 0.2) is 0 Å². The van der Waals surface area contributed by atoms with E-state index in [0.717, 1.165) is 19.4 Å². The van der Waals surface area contributed by atoms with Crippen LogP contribution < -0.4 is 0 Å². The molecule has 0 saturated heterocycles. The van der Waals surface area contributed by atoms with E-state index in [0.29, 0.717) is 12.0 Å². The van der Waals surface area contributed by atoms with Crippen LogP contribution in [-0.4, -0.2) is 54.3 Å². The van der Waals surface area contributed by atoms with E-state index in [-0.39, 0.29) is 6.10 Å². The summed E-state index contributed by atoms with van der Waals surface area (Å²) in [4.78, 5) is 13.3. The highest BCUT2D eigenvalue weighted by atomic mass is 28.4. The standard InChI is InChI=1S/C24H52O4Si2/c1-9-12-19-30(20-13-10-2,21-14-11-3)28-22(4)23(24(25)29(6,7)8)27-18-16-15-17-26-5/h22-23H,9-21H2,1-8H3/t22-,23+/m1/s1. The molecule has 0 aliphatic heterocycles. The number of unbranched alkanes of at least 4 members (excludes halogenated alkanes) is 4. The molecule has 0 amide bonds. The first-order valence-corrected chi connectivity index (χ1v) is 18.5. The Balaban J connectivity index is 5.46. The predicted octanol–water partition coefficient (Wildman–Crippen LogP) is 7.00. The molecule has 180 valence electrons. The fourth-order valence-corrected chi connectivity index (χ4v) is 10.1.